The summed E-state index contributed by atoms with van der Waals surface area (Å²) in [6.07, 6.45) is 2.76. The molecule has 25 heavy (non-hydrogen) atoms. The van der Waals surface area contributed by atoms with Gasteiger partial charge in [0.15, 0.2) is 5.96 Å². The molecular weight excluding hydrogens is 427 g/mol. The van der Waals surface area contributed by atoms with Gasteiger partial charge in [-0.15, -0.1) is 24.0 Å². The highest BCUT2D eigenvalue weighted by molar-refractivity contribution is 14.0. The van der Waals surface area contributed by atoms with E-state index in [9.17, 15) is 0 Å². The smallest absolute Gasteiger partial charge is 0.218 e. The van der Waals surface area contributed by atoms with Gasteiger partial charge in [-0.05, 0) is 30.5 Å². The van der Waals surface area contributed by atoms with Crippen LogP contribution in [0.4, 0.5) is 0 Å². The van der Waals surface area contributed by atoms with Gasteiger partial charge >= 0.3 is 0 Å². The Morgan fingerprint density at radius 2 is 1.64 bits per heavy atom. The van der Waals surface area contributed by atoms with Crippen molar-refractivity contribution < 1.29 is 4.74 Å². The van der Waals surface area contributed by atoms with Gasteiger partial charge in [0.2, 0.25) is 5.88 Å². The van der Waals surface area contributed by atoms with Crippen molar-refractivity contribution in [1.82, 2.24) is 15.6 Å². The van der Waals surface area contributed by atoms with Gasteiger partial charge in [0.1, 0.15) is 0 Å². The Morgan fingerprint density at radius 1 is 1.00 bits per heavy atom. The number of nitrogens with one attached hydrogen (secondary N) is 2. The molecule has 0 atom stereocenters. The van der Waals surface area contributed by atoms with E-state index in [1.54, 1.807) is 13.2 Å². The van der Waals surface area contributed by atoms with E-state index in [1.807, 2.05) is 19.1 Å². The van der Waals surface area contributed by atoms with Crippen molar-refractivity contribution in [3.8, 4) is 5.88 Å². The van der Waals surface area contributed by atoms with E-state index in [4.69, 9.17) is 4.74 Å². The SMILES string of the molecule is CCOc1ncccc1CNC(=NC)NCc1ccccc1CC.I. The number of ether oxygens (including phenoxy) is 1. The zero-order valence-electron chi connectivity index (χ0n) is 15.1. The molecule has 6 heteroatoms. The zero-order chi connectivity index (χ0) is 17.2. The fourth-order valence-corrected chi connectivity index (χ4v) is 2.48. The predicted octanol–water partition coefficient (Wildman–Crippen LogP) is 3.53. The molecule has 0 fully saturated rings. The average Bonchev–Trinajstić information content (AvgIpc) is 2.63. The molecule has 0 aliphatic rings. The molecule has 136 valence electrons. The van der Waals surface area contributed by atoms with Gasteiger partial charge in [0.25, 0.3) is 0 Å². The van der Waals surface area contributed by atoms with E-state index in [0.29, 0.717) is 19.0 Å². The molecule has 0 radical (unpaired) electrons. The molecule has 0 saturated carbocycles. The van der Waals surface area contributed by atoms with Crippen molar-refractivity contribution in [3.05, 3.63) is 59.3 Å². The topological polar surface area (TPSA) is 58.5 Å². The van der Waals surface area contributed by atoms with Gasteiger partial charge in [-0.25, -0.2) is 4.98 Å². The number of rotatable bonds is 7. The van der Waals surface area contributed by atoms with Gasteiger partial charge in [-0.1, -0.05) is 37.3 Å². The number of hydrogen-bond acceptors (Lipinski definition) is 3. The van der Waals surface area contributed by atoms with E-state index < -0.39 is 0 Å². The fraction of sp³-hybridized carbons (Fsp3) is 0.368. The lowest BCUT2D eigenvalue weighted by molar-refractivity contribution is 0.322. The van der Waals surface area contributed by atoms with Crippen molar-refractivity contribution in [1.29, 1.82) is 0 Å². The summed E-state index contributed by atoms with van der Waals surface area (Å²) in [6.45, 7) is 6.08. The first-order valence-electron chi connectivity index (χ1n) is 8.36. The minimum Gasteiger partial charge on any atom is -0.478 e. The summed E-state index contributed by atoms with van der Waals surface area (Å²) in [4.78, 5) is 8.55. The molecule has 0 amide bonds. The van der Waals surface area contributed by atoms with E-state index in [1.165, 1.54) is 11.1 Å². The van der Waals surface area contributed by atoms with Crippen LogP contribution in [0, 0.1) is 0 Å². The van der Waals surface area contributed by atoms with Gasteiger partial charge in [0.05, 0.1) is 6.61 Å². The van der Waals surface area contributed by atoms with E-state index in [-0.39, 0.29) is 24.0 Å². The largest absolute Gasteiger partial charge is 0.478 e. The maximum Gasteiger partial charge on any atom is 0.218 e. The third kappa shape index (κ3) is 6.53. The van der Waals surface area contributed by atoms with Crippen LogP contribution in [0.25, 0.3) is 0 Å². The molecule has 0 spiro atoms. The van der Waals surface area contributed by atoms with Crippen LogP contribution < -0.4 is 15.4 Å². The van der Waals surface area contributed by atoms with E-state index in [2.05, 4.69) is 51.8 Å². The minimum absolute atomic E-state index is 0. The monoisotopic (exact) mass is 454 g/mol. The molecule has 0 bridgehead atoms. The third-order valence-corrected chi connectivity index (χ3v) is 3.75. The Kier molecular flexibility index (Phi) is 9.91. The normalized spacial score (nSPS) is 10.8. The van der Waals surface area contributed by atoms with Crippen LogP contribution in [0.3, 0.4) is 0 Å². The molecule has 0 aliphatic carbocycles. The Balaban J connectivity index is 0.00000312. The van der Waals surface area contributed by atoms with Crippen LogP contribution in [-0.2, 0) is 19.5 Å². The highest BCUT2D eigenvalue weighted by Gasteiger charge is 2.06. The number of aromatic nitrogens is 1. The number of hydrogen-bond donors (Lipinski definition) is 2. The Labute approximate surface area is 167 Å². The van der Waals surface area contributed by atoms with Crippen LogP contribution in [0.5, 0.6) is 5.88 Å². The van der Waals surface area contributed by atoms with Gasteiger partial charge < -0.3 is 15.4 Å². The summed E-state index contributed by atoms with van der Waals surface area (Å²) in [7, 11) is 1.77. The number of benzene rings is 1. The lowest BCUT2D eigenvalue weighted by atomic mass is 10.1. The summed E-state index contributed by atoms with van der Waals surface area (Å²) in [6, 6.07) is 12.4. The molecule has 5 nitrogen and oxygen atoms in total. The summed E-state index contributed by atoms with van der Waals surface area (Å²) < 4.78 is 5.55. The molecule has 0 saturated heterocycles. The molecule has 2 aromatic rings. The molecule has 2 N–H and O–H groups in total. The van der Waals surface area contributed by atoms with Crippen molar-refractivity contribution in [2.24, 2.45) is 4.99 Å². The standard InChI is InChI=1S/C19H26N4O.HI/c1-4-15-9-6-7-10-16(15)13-22-19(20-3)23-14-17-11-8-12-21-18(17)24-5-2;/h6-12H,4-5,13-14H2,1-3H3,(H2,20,22,23);1H. The van der Waals surface area contributed by atoms with Crippen LogP contribution in [0.15, 0.2) is 47.6 Å². The number of halogens is 1. The Hall–Kier alpha value is -1.83. The van der Waals surface area contributed by atoms with Crippen molar-refractivity contribution in [2.45, 2.75) is 33.4 Å². The number of nitrogens with zero attached hydrogens (tertiary/aromatic N) is 2. The molecule has 1 aromatic heterocycles. The summed E-state index contributed by atoms with van der Waals surface area (Å²) in [5.41, 5.74) is 3.65. The summed E-state index contributed by atoms with van der Waals surface area (Å²) >= 11 is 0. The molecule has 2 rings (SSSR count). The maximum atomic E-state index is 5.55. The first kappa shape index (κ1) is 21.2. The Morgan fingerprint density at radius 3 is 2.28 bits per heavy atom. The molecule has 1 heterocycles. The average molecular weight is 454 g/mol. The first-order valence-corrected chi connectivity index (χ1v) is 8.36. The quantitative estimate of drug-likeness (QED) is 0.382. The maximum absolute atomic E-state index is 5.55. The first-order chi connectivity index (χ1) is 11.8. The highest BCUT2D eigenvalue weighted by Crippen LogP contribution is 2.13. The second-order valence-corrected chi connectivity index (χ2v) is 5.30. The number of aryl methyl sites for hydroxylation is 1. The second kappa shape index (κ2) is 11.7. The van der Waals surface area contributed by atoms with Crippen molar-refractivity contribution in [2.75, 3.05) is 13.7 Å². The van der Waals surface area contributed by atoms with Crippen LogP contribution in [0.2, 0.25) is 0 Å². The number of aliphatic imine (C=N–C) groups is 1. The van der Waals surface area contributed by atoms with Crippen molar-refractivity contribution >= 4 is 29.9 Å². The second-order valence-electron chi connectivity index (χ2n) is 5.30. The number of pyridine rings is 1. The van der Waals surface area contributed by atoms with E-state index in [0.717, 1.165) is 24.5 Å². The Bertz CT molecular complexity index is 676. The van der Waals surface area contributed by atoms with E-state index >= 15 is 0 Å². The lowest BCUT2D eigenvalue weighted by Crippen LogP contribution is -2.36. The molecule has 0 aliphatic heterocycles. The van der Waals surface area contributed by atoms with Crippen LogP contribution in [0.1, 0.15) is 30.5 Å². The molecule has 1 aromatic carbocycles. The van der Waals surface area contributed by atoms with Crippen LogP contribution in [-0.4, -0.2) is 24.6 Å². The molecule has 0 unspecified atom stereocenters. The van der Waals surface area contributed by atoms with Gasteiger partial charge in [-0.3, -0.25) is 4.99 Å². The zero-order valence-corrected chi connectivity index (χ0v) is 17.4. The minimum atomic E-state index is 0. The molecular formula is C19H27IN4O. The van der Waals surface area contributed by atoms with Crippen molar-refractivity contribution in [3.63, 3.8) is 0 Å². The third-order valence-electron chi connectivity index (χ3n) is 3.75. The predicted molar refractivity (Wildman–Crippen MR) is 114 cm³/mol. The highest BCUT2D eigenvalue weighted by atomic mass is 127. The number of guanidine groups is 1. The lowest BCUT2D eigenvalue weighted by Gasteiger charge is -2.15. The van der Waals surface area contributed by atoms with Gasteiger partial charge in [-0.2, -0.15) is 0 Å². The fourth-order valence-electron chi connectivity index (χ4n) is 2.48. The van der Waals surface area contributed by atoms with Crippen LogP contribution >= 0.6 is 24.0 Å². The summed E-state index contributed by atoms with van der Waals surface area (Å²) in [5, 5.41) is 6.67. The van der Waals surface area contributed by atoms with Gasteiger partial charge in [0, 0.05) is 31.9 Å². The summed E-state index contributed by atoms with van der Waals surface area (Å²) in [5.74, 6) is 1.42.